The number of piperidine rings is 1. The van der Waals surface area contributed by atoms with Crippen molar-refractivity contribution in [3.8, 4) is 0 Å². The van der Waals surface area contributed by atoms with Gasteiger partial charge in [-0.1, -0.05) is 63.2 Å². The molecule has 162 valence electrons. The van der Waals surface area contributed by atoms with Crippen LogP contribution < -0.4 is 0 Å². The number of fused-ring (bicyclic) bond motifs is 1. The first-order valence-corrected chi connectivity index (χ1v) is 12.3. The van der Waals surface area contributed by atoms with Crippen LogP contribution in [0.1, 0.15) is 57.6 Å². The summed E-state index contributed by atoms with van der Waals surface area (Å²) in [7, 11) is 0. The van der Waals surface area contributed by atoms with Gasteiger partial charge in [-0.3, -0.25) is 0 Å². The number of hydrogen-bond donors (Lipinski definition) is 1. The maximum atomic E-state index is 9.77. The lowest BCUT2D eigenvalue weighted by atomic mass is 9.58. The molecule has 1 aliphatic carbocycles. The van der Waals surface area contributed by atoms with Crippen molar-refractivity contribution in [3.05, 3.63) is 65.7 Å². The highest BCUT2D eigenvalue weighted by molar-refractivity contribution is 7.97. The van der Waals surface area contributed by atoms with Gasteiger partial charge >= 0.3 is 0 Å². The second-order valence-corrected chi connectivity index (χ2v) is 11.7. The van der Waals surface area contributed by atoms with E-state index < -0.39 is 0 Å². The minimum atomic E-state index is 0.201. The molecule has 0 amide bonds. The Balaban J connectivity index is 1.50. The van der Waals surface area contributed by atoms with Gasteiger partial charge in [0.25, 0.3) is 0 Å². The second-order valence-electron chi connectivity index (χ2n) is 10.6. The van der Waals surface area contributed by atoms with Crippen molar-refractivity contribution >= 4 is 11.9 Å². The number of aliphatic hydroxyl groups is 1. The normalized spacial score (nSPS) is 27.6. The van der Waals surface area contributed by atoms with E-state index in [9.17, 15) is 5.11 Å². The average Bonchev–Trinajstić information content (AvgIpc) is 2.73. The summed E-state index contributed by atoms with van der Waals surface area (Å²) in [5.74, 6) is 1.23. The summed E-state index contributed by atoms with van der Waals surface area (Å²) in [6, 6.07) is 20.2. The molecule has 0 spiro atoms. The monoisotopic (exact) mass is 423 g/mol. The van der Waals surface area contributed by atoms with Crippen molar-refractivity contribution in [2.24, 2.45) is 17.3 Å². The van der Waals surface area contributed by atoms with Crippen LogP contribution in [0.5, 0.6) is 0 Å². The molecule has 3 heteroatoms. The van der Waals surface area contributed by atoms with Gasteiger partial charge in [0, 0.05) is 24.6 Å². The molecule has 2 aromatic carbocycles. The number of benzene rings is 2. The molecule has 30 heavy (non-hydrogen) atoms. The predicted molar refractivity (Wildman–Crippen MR) is 128 cm³/mol. The molecule has 4 rings (SSSR count). The number of nitrogens with zero attached hydrogens (tertiary/aromatic N) is 1. The van der Waals surface area contributed by atoms with Gasteiger partial charge in [-0.05, 0) is 90.0 Å². The van der Waals surface area contributed by atoms with Crippen LogP contribution in [0.25, 0.3) is 0 Å². The van der Waals surface area contributed by atoms with Crippen LogP contribution in [0, 0.1) is 17.3 Å². The fraction of sp³-hybridized carbons (Fsp3) is 0.556. The van der Waals surface area contributed by atoms with E-state index in [0.717, 1.165) is 25.4 Å². The summed E-state index contributed by atoms with van der Waals surface area (Å²) in [5, 5.41) is 9.77. The molecule has 1 heterocycles. The summed E-state index contributed by atoms with van der Waals surface area (Å²) in [6.45, 7) is 9.47. The van der Waals surface area contributed by atoms with E-state index in [1.54, 1.807) is 0 Å². The van der Waals surface area contributed by atoms with Crippen molar-refractivity contribution in [1.82, 2.24) is 4.31 Å². The molecule has 1 N–H and O–H groups in total. The summed E-state index contributed by atoms with van der Waals surface area (Å²) in [6.07, 6.45) is 6.01. The highest BCUT2D eigenvalue weighted by atomic mass is 32.2. The molecular formula is C27H37NOS. The molecule has 0 aromatic heterocycles. The number of rotatable bonds is 5. The van der Waals surface area contributed by atoms with E-state index >= 15 is 0 Å². The van der Waals surface area contributed by atoms with Gasteiger partial charge in [0.1, 0.15) is 0 Å². The van der Waals surface area contributed by atoms with Gasteiger partial charge in [0.15, 0.2) is 0 Å². The molecule has 2 aromatic rings. The molecule has 2 aliphatic rings. The molecule has 3 atom stereocenters. The molecule has 1 aliphatic heterocycles. The highest BCUT2D eigenvalue weighted by Gasteiger charge is 2.46. The van der Waals surface area contributed by atoms with Crippen LogP contribution in [0.2, 0.25) is 0 Å². The fourth-order valence-corrected chi connectivity index (χ4v) is 6.60. The Labute approximate surface area is 187 Å². The standard InChI is InChI=1S/C27H37NOS/c1-26(2,3)23-9-11-25(12-10-23)30-28-16-14-24-17-22(19-29)13-15-27(24,20-28)18-21-7-5-4-6-8-21/h4-12,22,24,29H,13-20H2,1-3H3. The SMILES string of the molecule is CC(C)(C)c1ccc(SN2CCC3CC(CO)CCC3(Cc3ccccc3)C2)cc1. The maximum Gasteiger partial charge on any atom is 0.0459 e. The van der Waals surface area contributed by atoms with Gasteiger partial charge in [-0.25, -0.2) is 4.31 Å². The third kappa shape index (κ3) is 4.95. The van der Waals surface area contributed by atoms with E-state index in [-0.39, 0.29) is 5.41 Å². The Bertz CT molecular complexity index is 813. The van der Waals surface area contributed by atoms with E-state index in [2.05, 4.69) is 79.7 Å². The molecule has 1 saturated carbocycles. The smallest absolute Gasteiger partial charge is 0.0459 e. The molecule has 2 nitrogen and oxygen atoms in total. The lowest BCUT2D eigenvalue weighted by Crippen LogP contribution is -2.50. The Hall–Kier alpha value is -1.29. The summed E-state index contributed by atoms with van der Waals surface area (Å²) in [5.41, 5.74) is 3.40. The Kier molecular flexibility index (Phi) is 6.62. The minimum absolute atomic E-state index is 0.201. The first-order chi connectivity index (χ1) is 14.4. The Morgan fingerprint density at radius 3 is 2.43 bits per heavy atom. The zero-order chi connectivity index (χ0) is 21.2. The van der Waals surface area contributed by atoms with Gasteiger partial charge in [-0.2, -0.15) is 0 Å². The highest BCUT2D eigenvalue weighted by Crippen LogP contribution is 2.51. The van der Waals surface area contributed by atoms with Crippen LogP contribution in [0.15, 0.2) is 59.5 Å². The zero-order valence-corrected chi connectivity index (χ0v) is 19.6. The van der Waals surface area contributed by atoms with Crippen LogP contribution >= 0.6 is 11.9 Å². The fourth-order valence-electron chi connectivity index (χ4n) is 5.53. The number of aliphatic hydroxyl groups excluding tert-OH is 1. The van der Waals surface area contributed by atoms with Gasteiger partial charge in [-0.15, -0.1) is 0 Å². The van der Waals surface area contributed by atoms with Crippen LogP contribution in [-0.2, 0) is 11.8 Å². The summed E-state index contributed by atoms with van der Waals surface area (Å²) in [4.78, 5) is 1.35. The first kappa shape index (κ1) is 21.9. The van der Waals surface area contributed by atoms with Crippen LogP contribution in [0.3, 0.4) is 0 Å². The molecule has 1 saturated heterocycles. The first-order valence-electron chi connectivity index (χ1n) is 11.6. The average molecular weight is 424 g/mol. The van der Waals surface area contributed by atoms with E-state index in [4.69, 9.17) is 0 Å². The second kappa shape index (κ2) is 9.06. The topological polar surface area (TPSA) is 23.5 Å². The molecular weight excluding hydrogens is 386 g/mol. The van der Waals surface area contributed by atoms with Crippen molar-refractivity contribution < 1.29 is 5.11 Å². The maximum absolute atomic E-state index is 9.77. The quantitative estimate of drug-likeness (QED) is 0.568. The third-order valence-corrected chi connectivity index (χ3v) is 8.42. The van der Waals surface area contributed by atoms with Gasteiger partial charge in [0.2, 0.25) is 0 Å². The van der Waals surface area contributed by atoms with Gasteiger partial charge < -0.3 is 5.11 Å². The van der Waals surface area contributed by atoms with Crippen molar-refractivity contribution in [2.45, 2.75) is 63.2 Å². The molecule has 3 unspecified atom stereocenters. The molecule has 0 radical (unpaired) electrons. The third-order valence-electron chi connectivity index (χ3n) is 7.36. The summed E-state index contributed by atoms with van der Waals surface area (Å²) < 4.78 is 2.62. The zero-order valence-electron chi connectivity index (χ0n) is 18.8. The van der Waals surface area contributed by atoms with E-state index in [1.807, 2.05) is 11.9 Å². The minimum Gasteiger partial charge on any atom is -0.396 e. The molecule has 0 bridgehead atoms. The Morgan fingerprint density at radius 1 is 1.03 bits per heavy atom. The predicted octanol–water partition coefficient (Wildman–Crippen LogP) is 6.33. The Morgan fingerprint density at radius 2 is 1.77 bits per heavy atom. The summed E-state index contributed by atoms with van der Waals surface area (Å²) >= 11 is 1.94. The lowest BCUT2D eigenvalue weighted by molar-refractivity contribution is -0.00474. The van der Waals surface area contributed by atoms with Gasteiger partial charge in [0.05, 0.1) is 0 Å². The van der Waals surface area contributed by atoms with Crippen LogP contribution in [-0.4, -0.2) is 29.1 Å². The van der Waals surface area contributed by atoms with Crippen molar-refractivity contribution in [3.63, 3.8) is 0 Å². The van der Waals surface area contributed by atoms with E-state index in [0.29, 0.717) is 17.9 Å². The van der Waals surface area contributed by atoms with Crippen LogP contribution in [0.4, 0.5) is 0 Å². The van der Waals surface area contributed by atoms with Crippen molar-refractivity contribution in [1.29, 1.82) is 0 Å². The molecule has 2 fully saturated rings. The number of hydrogen-bond acceptors (Lipinski definition) is 3. The van der Waals surface area contributed by atoms with E-state index in [1.165, 1.54) is 41.7 Å². The largest absolute Gasteiger partial charge is 0.396 e. The van der Waals surface area contributed by atoms with Crippen molar-refractivity contribution in [2.75, 3.05) is 19.7 Å². The lowest BCUT2D eigenvalue weighted by Gasteiger charge is -2.52.